The molecule has 3 aromatic rings. The number of phenols is 4. The van der Waals surface area contributed by atoms with Gasteiger partial charge in [0.25, 0.3) is 0 Å². The molecule has 10 N–H and O–H groups in total. The van der Waals surface area contributed by atoms with Crippen LogP contribution < -0.4 is 5.43 Å². The first-order chi connectivity index (χ1) is 19.4. The van der Waals surface area contributed by atoms with E-state index in [-0.39, 0.29) is 23.5 Å². The molecule has 0 spiro atoms. The molecule has 15 heteroatoms. The minimum Gasteiger partial charge on any atom is -0.507 e. The quantitative estimate of drug-likeness (QED) is 0.150. The number of benzene rings is 2. The molecule has 222 valence electrons. The number of aliphatic hydroxyl groups is 6. The number of fused-ring (bicyclic) bond motifs is 1. The van der Waals surface area contributed by atoms with Crippen molar-refractivity contribution in [1.29, 1.82) is 0 Å². The lowest BCUT2D eigenvalue weighted by molar-refractivity contribution is -0.291. The zero-order valence-corrected chi connectivity index (χ0v) is 21.0. The first-order valence-electron chi connectivity index (χ1n) is 12.4. The lowest BCUT2D eigenvalue weighted by atomic mass is 9.89. The van der Waals surface area contributed by atoms with Crippen LogP contribution in [0.25, 0.3) is 22.3 Å². The Balaban J connectivity index is 1.53. The molecule has 5 rings (SSSR count). The van der Waals surface area contributed by atoms with Gasteiger partial charge in [-0.3, -0.25) is 4.79 Å². The molecule has 9 atom stereocenters. The molecular weight excluding hydrogens is 552 g/mol. The van der Waals surface area contributed by atoms with Gasteiger partial charge < -0.3 is 69.7 Å². The van der Waals surface area contributed by atoms with Gasteiger partial charge in [0.1, 0.15) is 71.5 Å². The molecule has 0 unspecified atom stereocenters. The molecule has 2 fully saturated rings. The van der Waals surface area contributed by atoms with Gasteiger partial charge in [-0.2, -0.15) is 0 Å². The van der Waals surface area contributed by atoms with Crippen LogP contribution in [-0.2, 0) is 14.2 Å². The van der Waals surface area contributed by atoms with Crippen molar-refractivity contribution in [2.24, 2.45) is 0 Å². The van der Waals surface area contributed by atoms with Crippen molar-refractivity contribution in [1.82, 2.24) is 0 Å². The SMILES string of the molecule is O=c1cc(-c2ccc(O)c(O)c2)oc2c([C@@H]3O[C@H](CO[C@@H]4OC[C@@H](O)[C@H](O)[C@H]4O)[C@@H](O)[C@H](O)[C@H]3O)c(O)cc(O)c12. The van der Waals surface area contributed by atoms with E-state index in [0.717, 1.165) is 24.3 Å². The summed E-state index contributed by atoms with van der Waals surface area (Å²) in [5.41, 5.74) is -1.50. The Morgan fingerprint density at radius 2 is 1.51 bits per heavy atom. The second-order valence-corrected chi connectivity index (χ2v) is 9.86. The molecule has 2 aliphatic rings. The topological polar surface area (TPSA) is 260 Å². The number of rotatable bonds is 5. The maximum Gasteiger partial charge on any atom is 0.197 e. The van der Waals surface area contributed by atoms with E-state index in [0.29, 0.717) is 0 Å². The van der Waals surface area contributed by atoms with Crippen LogP contribution in [0.4, 0.5) is 0 Å². The maximum absolute atomic E-state index is 13.0. The van der Waals surface area contributed by atoms with Crippen molar-refractivity contribution in [2.75, 3.05) is 13.2 Å². The second kappa shape index (κ2) is 11.1. The summed E-state index contributed by atoms with van der Waals surface area (Å²) >= 11 is 0. The average Bonchev–Trinajstić information content (AvgIpc) is 2.92. The van der Waals surface area contributed by atoms with E-state index in [4.69, 9.17) is 18.6 Å². The highest BCUT2D eigenvalue weighted by Crippen LogP contribution is 2.44. The molecule has 0 radical (unpaired) electrons. The van der Waals surface area contributed by atoms with Crippen molar-refractivity contribution >= 4 is 11.0 Å². The largest absolute Gasteiger partial charge is 0.507 e. The van der Waals surface area contributed by atoms with E-state index in [1.165, 1.54) is 6.07 Å². The van der Waals surface area contributed by atoms with E-state index >= 15 is 0 Å². The van der Waals surface area contributed by atoms with Crippen LogP contribution >= 0.6 is 0 Å². The van der Waals surface area contributed by atoms with Crippen LogP contribution in [0.15, 0.2) is 39.5 Å². The van der Waals surface area contributed by atoms with E-state index in [1.54, 1.807) is 0 Å². The third-order valence-electron chi connectivity index (χ3n) is 7.13. The van der Waals surface area contributed by atoms with Crippen LogP contribution in [0, 0.1) is 0 Å². The average molecular weight is 580 g/mol. The first kappa shape index (κ1) is 29.0. The van der Waals surface area contributed by atoms with Crippen LogP contribution in [-0.4, -0.2) is 113 Å². The minimum atomic E-state index is -1.90. The standard InChI is InChI=1S/C26H28O15/c27-9-2-1-8(3-10(9)28)15-5-13(31)17-11(29)4-12(30)18(24(17)40-15)25-22(36)21(35)20(34)16(41-25)7-39-26-23(37)19(33)14(32)6-38-26/h1-5,14,16,19-23,25-30,32-37H,6-7H2/t14-,16-,19+,20-,21+,22-,23-,25+,26+/m1/s1. The van der Waals surface area contributed by atoms with Crippen molar-refractivity contribution < 1.29 is 69.7 Å². The van der Waals surface area contributed by atoms with Crippen molar-refractivity contribution in [3.8, 4) is 34.3 Å². The van der Waals surface area contributed by atoms with Crippen LogP contribution in [0.5, 0.6) is 23.0 Å². The van der Waals surface area contributed by atoms with Gasteiger partial charge in [-0.25, -0.2) is 0 Å². The highest BCUT2D eigenvalue weighted by Gasteiger charge is 2.47. The number of hydrogen-bond donors (Lipinski definition) is 10. The van der Waals surface area contributed by atoms with Crippen molar-refractivity contribution in [2.45, 2.75) is 55.1 Å². The third kappa shape index (κ3) is 5.19. The van der Waals surface area contributed by atoms with Crippen molar-refractivity contribution in [3.63, 3.8) is 0 Å². The summed E-state index contributed by atoms with van der Waals surface area (Å²) in [4.78, 5) is 13.0. The van der Waals surface area contributed by atoms with E-state index in [2.05, 4.69) is 0 Å². The van der Waals surface area contributed by atoms with Crippen LogP contribution in [0.1, 0.15) is 11.7 Å². The highest BCUT2D eigenvalue weighted by atomic mass is 16.7. The van der Waals surface area contributed by atoms with Crippen molar-refractivity contribution in [3.05, 3.63) is 46.1 Å². The molecule has 0 bridgehead atoms. The van der Waals surface area contributed by atoms with Gasteiger partial charge in [0.2, 0.25) is 0 Å². The van der Waals surface area contributed by atoms with Gasteiger partial charge in [0.15, 0.2) is 28.8 Å². The number of phenolic OH excluding ortho intramolecular Hbond substituents is 4. The number of aromatic hydroxyl groups is 4. The summed E-state index contributed by atoms with van der Waals surface area (Å²) in [6.07, 6.45) is -14.7. The summed E-state index contributed by atoms with van der Waals surface area (Å²) in [7, 11) is 0. The fraction of sp³-hybridized carbons (Fsp3) is 0.423. The molecule has 41 heavy (non-hydrogen) atoms. The summed E-state index contributed by atoms with van der Waals surface area (Å²) in [6.45, 7) is -0.945. The van der Waals surface area contributed by atoms with Gasteiger partial charge in [-0.05, 0) is 18.2 Å². The lowest BCUT2D eigenvalue weighted by Crippen LogP contribution is -2.57. The molecule has 0 aliphatic carbocycles. The number of hydrogen-bond acceptors (Lipinski definition) is 15. The third-order valence-corrected chi connectivity index (χ3v) is 7.13. The van der Waals surface area contributed by atoms with Gasteiger partial charge in [0, 0.05) is 17.7 Å². The summed E-state index contributed by atoms with van der Waals surface area (Å²) < 4.78 is 22.2. The Bertz CT molecular complexity index is 1490. The van der Waals surface area contributed by atoms with E-state index in [9.17, 15) is 55.9 Å². The Hall–Kier alpha value is -3.51. The zero-order chi connectivity index (χ0) is 29.7. The second-order valence-electron chi connectivity index (χ2n) is 9.86. The molecular formula is C26H28O15. The van der Waals surface area contributed by atoms with E-state index < -0.39 is 101 Å². The Kier molecular flexibility index (Phi) is 7.82. The molecule has 0 amide bonds. The normalized spacial score (nSPS) is 32.3. The van der Waals surface area contributed by atoms with Crippen LogP contribution in [0.2, 0.25) is 0 Å². The smallest absolute Gasteiger partial charge is 0.197 e. The monoisotopic (exact) mass is 580 g/mol. The van der Waals surface area contributed by atoms with E-state index in [1.807, 2.05) is 0 Å². The van der Waals surface area contributed by atoms with Gasteiger partial charge in [-0.1, -0.05) is 0 Å². The Morgan fingerprint density at radius 3 is 2.22 bits per heavy atom. The fourth-order valence-electron chi connectivity index (χ4n) is 4.86. The zero-order valence-electron chi connectivity index (χ0n) is 21.0. The Labute approximate surface area is 229 Å². The highest BCUT2D eigenvalue weighted by molar-refractivity contribution is 5.89. The minimum absolute atomic E-state index is 0.123. The predicted molar refractivity (Wildman–Crippen MR) is 134 cm³/mol. The van der Waals surface area contributed by atoms with Crippen LogP contribution in [0.3, 0.4) is 0 Å². The molecule has 2 aliphatic heterocycles. The lowest BCUT2D eigenvalue weighted by Gasteiger charge is -2.42. The molecule has 3 heterocycles. The summed E-state index contributed by atoms with van der Waals surface area (Å²) in [6, 6.07) is 5.34. The van der Waals surface area contributed by atoms with Gasteiger partial charge in [0.05, 0.1) is 18.8 Å². The molecule has 2 aromatic carbocycles. The molecule has 0 saturated carbocycles. The summed E-state index contributed by atoms with van der Waals surface area (Å²) in [5, 5.41) is 102. The summed E-state index contributed by atoms with van der Waals surface area (Å²) in [5.74, 6) is -2.52. The molecule has 1 aromatic heterocycles. The first-order valence-corrected chi connectivity index (χ1v) is 12.4. The number of aliphatic hydroxyl groups excluding tert-OH is 6. The Morgan fingerprint density at radius 1 is 0.780 bits per heavy atom. The van der Waals surface area contributed by atoms with Gasteiger partial charge >= 0.3 is 0 Å². The maximum atomic E-state index is 13.0. The molecule has 15 nitrogen and oxygen atoms in total. The fourth-order valence-corrected chi connectivity index (χ4v) is 4.86. The molecule has 2 saturated heterocycles. The predicted octanol–water partition coefficient (Wildman–Crippen LogP) is -1.74. The number of ether oxygens (including phenoxy) is 3. The van der Waals surface area contributed by atoms with Gasteiger partial charge in [-0.15, -0.1) is 0 Å².